The molecule has 15 nitrogen and oxygen atoms in total. The van der Waals surface area contributed by atoms with E-state index in [1.807, 2.05) is 32.1 Å². The summed E-state index contributed by atoms with van der Waals surface area (Å²) in [4.78, 5) is 49.9. The Bertz CT molecular complexity index is 2380. The largest absolute Gasteiger partial charge is 0.508 e. The van der Waals surface area contributed by atoms with Crippen LogP contribution < -0.4 is 20.5 Å². The number of allylic oxidation sites excluding steroid dienone is 1. The van der Waals surface area contributed by atoms with Crippen molar-refractivity contribution in [1.29, 1.82) is 0 Å². The van der Waals surface area contributed by atoms with Gasteiger partial charge >= 0.3 is 11.9 Å². The van der Waals surface area contributed by atoms with Gasteiger partial charge in [-0.2, -0.15) is 9.90 Å². The zero-order valence-corrected chi connectivity index (χ0v) is 32.5. The molecule has 4 aromatic rings. The van der Waals surface area contributed by atoms with Crippen LogP contribution in [-0.4, -0.2) is 95.0 Å². The quantitative estimate of drug-likeness (QED) is 0.0849. The van der Waals surface area contributed by atoms with Crippen LogP contribution in [0.1, 0.15) is 42.4 Å². The number of carboxylic acids is 1. The minimum absolute atomic E-state index is 0.0557. The minimum atomic E-state index is -1.66. The Balaban J connectivity index is 1.07. The van der Waals surface area contributed by atoms with E-state index in [4.69, 9.17) is 23.5 Å². The zero-order valence-electron chi connectivity index (χ0n) is 32.5. The summed E-state index contributed by atoms with van der Waals surface area (Å²) in [6.07, 6.45) is 1.30. The third kappa shape index (κ3) is 8.44. The number of carbonyl (C=O) groups is 2. The van der Waals surface area contributed by atoms with Gasteiger partial charge in [0.15, 0.2) is 17.0 Å². The Morgan fingerprint density at radius 1 is 0.983 bits per heavy atom. The van der Waals surface area contributed by atoms with E-state index >= 15 is 0 Å². The number of hydroxylamine groups is 2. The van der Waals surface area contributed by atoms with Crippen LogP contribution >= 0.6 is 0 Å². The first-order valence-corrected chi connectivity index (χ1v) is 19.7. The topological polar surface area (TPSA) is 211 Å². The Morgan fingerprint density at radius 2 is 1.73 bits per heavy atom. The number of nitrogens with zero attached hydrogens (tertiary/aromatic N) is 1. The highest BCUT2D eigenvalue weighted by molar-refractivity contribution is 5.94. The van der Waals surface area contributed by atoms with Crippen molar-refractivity contribution in [3.05, 3.63) is 111 Å². The number of phenolic OH excluding ortho intramolecular Hbond substituents is 1. The van der Waals surface area contributed by atoms with E-state index in [9.17, 15) is 34.8 Å². The van der Waals surface area contributed by atoms with Crippen molar-refractivity contribution in [3.63, 3.8) is 0 Å². The van der Waals surface area contributed by atoms with Gasteiger partial charge in [0, 0.05) is 36.0 Å². The lowest BCUT2D eigenvalue weighted by atomic mass is 9.99. The summed E-state index contributed by atoms with van der Waals surface area (Å²) in [5.74, 6) is -3.66. The molecule has 2 fully saturated rings. The van der Waals surface area contributed by atoms with Gasteiger partial charge in [-0.25, -0.2) is 4.99 Å². The van der Waals surface area contributed by atoms with Gasteiger partial charge in [-0.15, -0.1) is 0 Å². The molecule has 0 radical (unpaired) electrons. The highest BCUT2D eigenvalue weighted by atomic mass is 16.8. The number of carbonyl (C=O) groups excluding carboxylic acids is 1. The first-order chi connectivity index (χ1) is 28.4. The number of aromatic hydroxyl groups is 1. The van der Waals surface area contributed by atoms with E-state index in [-0.39, 0.29) is 46.0 Å². The monoisotopic (exact) mass is 808 g/mol. The summed E-state index contributed by atoms with van der Waals surface area (Å²) >= 11 is 0. The van der Waals surface area contributed by atoms with Gasteiger partial charge in [0.25, 0.3) is 0 Å². The number of hydrogen-bond acceptors (Lipinski definition) is 13. The average Bonchev–Trinajstić information content (AvgIpc) is 3.96. The fraction of sp³-hybridized carbons (Fsp3) is 0.364. The van der Waals surface area contributed by atoms with Crippen molar-refractivity contribution >= 4 is 34.8 Å². The maximum Gasteiger partial charge on any atom is 0.321 e. The van der Waals surface area contributed by atoms with Crippen molar-refractivity contribution in [3.8, 4) is 22.6 Å². The number of phenols is 1. The highest BCUT2D eigenvalue weighted by Gasteiger charge is 2.51. The number of benzene rings is 3. The van der Waals surface area contributed by atoms with Crippen molar-refractivity contribution in [2.24, 2.45) is 10.9 Å². The van der Waals surface area contributed by atoms with E-state index < -0.39 is 55.2 Å². The maximum absolute atomic E-state index is 13.5. The lowest BCUT2D eigenvalue weighted by Gasteiger charge is -2.41. The summed E-state index contributed by atoms with van der Waals surface area (Å²) in [5.41, 5.74) is 5.98. The molecule has 0 bridgehead atoms. The van der Waals surface area contributed by atoms with Crippen molar-refractivity contribution < 1.29 is 58.5 Å². The maximum atomic E-state index is 13.5. The Kier molecular flexibility index (Phi) is 11.5. The fourth-order valence-corrected chi connectivity index (χ4v) is 8.18. The molecule has 0 spiro atoms. The van der Waals surface area contributed by atoms with Gasteiger partial charge < -0.3 is 44.4 Å². The molecule has 1 saturated heterocycles. The van der Waals surface area contributed by atoms with Crippen LogP contribution in [0.5, 0.6) is 11.5 Å². The van der Waals surface area contributed by atoms with E-state index in [1.54, 1.807) is 18.3 Å². The third-order valence-corrected chi connectivity index (χ3v) is 11.2. The Labute approximate surface area is 338 Å². The van der Waals surface area contributed by atoms with Crippen LogP contribution in [0.4, 0.5) is 0 Å². The summed E-state index contributed by atoms with van der Waals surface area (Å²) in [6, 6.07) is 16.9. The number of aliphatic hydroxyl groups is 2. The van der Waals surface area contributed by atoms with Gasteiger partial charge in [0.1, 0.15) is 60.5 Å². The highest BCUT2D eigenvalue weighted by Crippen LogP contribution is 2.32. The number of aliphatic hydroxyl groups excluding tert-OH is 2. The molecule has 3 aliphatic heterocycles. The number of quaternary nitrogens is 1. The van der Waals surface area contributed by atoms with E-state index in [0.717, 1.165) is 59.3 Å². The standard InChI is InChI=1S/C44H45N3O12/c1-23-15-24(2)17-27(16-23)37-36-26(13-14-45-36)20-47(37)59-41-40(51)39(50)35(22-56-43(54)32(42(52)53)19-46-28-5-3-4-6-28)58-44(41)57-30-11-12-31-34(18-30)55-21-33(38(31)49)25-7-9-29(48)10-8-25/h7-18,21,28,32,35,39-41,44,46,48,50-51H,3-6,19-20,22H2,1-2H3,(H,52,53)/p+1/t32-,35-,39-,40+,41-,44-/m0/s1. The molecule has 1 saturated carbocycles. The second kappa shape index (κ2) is 16.9. The van der Waals surface area contributed by atoms with Gasteiger partial charge in [0.2, 0.25) is 12.4 Å². The molecule has 15 heteroatoms. The number of rotatable bonds is 13. The number of esters is 1. The number of nitrogens with one attached hydrogen (secondary N) is 2. The Morgan fingerprint density at radius 3 is 2.46 bits per heavy atom. The molecule has 8 rings (SSSR count). The molecular formula is C44H46N3O12+. The average molecular weight is 809 g/mol. The second-order valence-corrected chi connectivity index (χ2v) is 15.5. The predicted molar refractivity (Wildman–Crippen MR) is 213 cm³/mol. The number of aryl methyl sites for hydroxylation is 2. The predicted octanol–water partition coefficient (Wildman–Crippen LogP) is 2.96. The minimum Gasteiger partial charge on any atom is -0.508 e. The lowest BCUT2D eigenvalue weighted by Crippen LogP contribution is -3.08. The summed E-state index contributed by atoms with van der Waals surface area (Å²) < 4.78 is 23.9. The van der Waals surface area contributed by atoms with Gasteiger partial charge in [-0.05, 0) is 74.7 Å². The molecule has 1 unspecified atom stereocenters. The van der Waals surface area contributed by atoms with Crippen molar-refractivity contribution in [2.45, 2.75) is 76.3 Å². The normalized spacial score (nSPS) is 24.6. The number of fused-ring (bicyclic) bond motifs is 2. The molecule has 7 atom stereocenters. The molecule has 6 N–H and O–H groups in total. The molecule has 4 heterocycles. The van der Waals surface area contributed by atoms with Gasteiger partial charge in [0.05, 0.1) is 10.9 Å². The van der Waals surface area contributed by atoms with Gasteiger partial charge in [-0.3, -0.25) is 14.4 Å². The molecule has 1 aliphatic carbocycles. The smallest absolute Gasteiger partial charge is 0.321 e. The summed E-state index contributed by atoms with van der Waals surface area (Å²) in [5, 5.41) is 46.6. The third-order valence-electron chi connectivity index (χ3n) is 11.2. The van der Waals surface area contributed by atoms with Crippen molar-refractivity contribution in [1.82, 2.24) is 5.32 Å². The Hall–Kier alpha value is -5.68. The first kappa shape index (κ1) is 40.1. The molecule has 1 aromatic heterocycles. The van der Waals surface area contributed by atoms with Crippen molar-refractivity contribution in [2.75, 3.05) is 19.7 Å². The van der Waals surface area contributed by atoms with Crippen LogP contribution in [0.2, 0.25) is 0 Å². The SMILES string of the molecule is Cc1cc(C)cc(C2=C3N=CC=C3C[NH+]2O[C@@H]2[C@@H](Oc3ccc4c(=O)c(-c5ccc(O)cc5)coc4c3)O[C@@H](COC(=O)[C@@H](CNC3CCCC3)C(=O)O)[C@H](O)[C@H]2O)c1. The van der Waals surface area contributed by atoms with Crippen LogP contribution in [-0.2, 0) is 23.9 Å². The molecule has 4 aliphatic rings. The number of aliphatic imine (C=N–C) groups is 1. The van der Waals surface area contributed by atoms with Crippen LogP contribution in [0.3, 0.4) is 0 Å². The number of carboxylic acid groups (broad SMARTS) is 1. The number of hydrogen-bond donors (Lipinski definition) is 6. The summed E-state index contributed by atoms with van der Waals surface area (Å²) in [7, 11) is 0. The van der Waals surface area contributed by atoms with E-state index in [0.29, 0.717) is 17.2 Å². The number of aliphatic carboxylic acids is 1. The molecular weight excluding hydrogens is 762 g/mol. The fourth-order valence-electron chi connectivity index (χ4n) is 8.18. The zero-order chi connectivity index (χ0) is 41.4. The molecule has 308 valence electrons. The molecule has 0 amide bonds. The molecule has 3 aromatic carbocycles. The summed E-state index contributed by atoms with van der Waals surface area (Å²) in [6.45, 7) is 3.59. The van der Waals surface area contributed by atoms with Crippen LogP contribution in [0.25, 0.3) is 27.8 Å². The first-order valence-electron chi connectivity index (χ1n) is 19.7. The van der Waals surface area contributed by atoms with Crippen LogP contribution in [0.15, 0.2) is 98.5 Å². The van der Waals surface area contributed by atoms with Gasteiger partial charge in [-0.1, -0.05) is 42.2 Å². The number of ether oxygens (including phenoxy) is 3. The second-order valence-electron chi connectivity index (χ2n) is 15.5. The van der Waals surface area contributed by atoms with E-state index in [2.05, 4.69) is 16.4 Å². The van der Waals surface area contributed by atoms with E-state index in [1.165, 1.54) is 36.6 Å². The van der Waals surface area contributed by atoms with Crippen LogP contribution in [0, 0.1) is 19.8 Å². The molecule has 59 heavy (non-hydrogen) atoms. The lowest BCUT2D eigenvalue weighted by molar-refractivity contribution is -1.04.